The van der Waals surface area contributed by atoms with E-state index in [1.807, 2.05) is 0 Å². The van der Waals surface area contributed by atoms with E-state index in [0.29, 0.717) is 11.3 Å². The van der Waals surface area contributed by atoms with E-state index in [1.54, 1.807) is 12.1 Å². The van der Waals surface area contributed by atoms with Crippen LogP contribution in [0.25, 0.3) is 0 Å². The Morgan fingerprint density at radius 3 is 2.17 bits per heavy atom. The molecule has 24 heavy (non-hydrogen) atoms. The van der Waals surface area contributed by atoms with Crippen molar-refractivity contribution in [1.82, 2.24) is 0 Å². The van der Waals surface area contributed by atoms with Crippen LogP contribution in [0.5, 0.6) is 0 Å². The van der Waals surface area contributed by atoms with E-state index in [9.17, 15) is 19.8 Å². The normalized spacial score (nSPS) is 15.5. The molecule has 0 aliphatic carbocycles. The first-order valence-corrected chi connectivity index (χ1v) is 6.98. The number of hydrogen-bond acceptors (Lipinski definition) is 8. The summed E-state index contributed by atoms with van der Waals surface area (Å²) < 4.78 is 9.58. The van der Waals surface area contributed by atoms with Crippen LogP contribution in [0.2, 0.25) is 0 Å². The van der Waals surface area contributed by atoms with Crippen LogP contribution >= 0.6 is 0 Å². The third-order valence-corrected chi connectivity index (χ3v) is 3.20. The van der Waals surface area contributed by atoms with Gasteiger partial charge in [-0.25, -0.2) is 0 Å². The molecule has 132 valence electrons. The molecule has 0 spiro atoms. The molecule has 0 fully saturated rings. The van der Waals surface area contributed by atoms with Crippen LogP contribution < -0.4 is 17.2 Å². The molecule has 2 aromatic rings. The Labute approximate surface area is 138 Å². The lowest BCUT2D eigenvalue weighted by Crippen LogP contribution is -2.41. The molecule has 9 nitrogen and oxygen atoms in total. The largest absolute Gasteiger partial charge is 0.472 e. The molecule has 1 amide bonds. The molecule has 2 heterocycles. The summed E-state index contributed by atoms with van der Waals surface area (Å²) in [6.45, 7) is 1.33. The van der Waals surface area contributed by atoms with Crippen molar-refractivity contribution in [2.24, 2.45) is 17.2 Å². The van der Waals surface area contributed by atoms with Crippen LogP contribution in [0.15, 0.2) is 45.8 Å². The van der Waals surface area contributed by atoms with Crippen LogP contribution in [-0.4, -0.2) is 34.0 Å². The Morgan fingerprint density at radius 2 is 1.75 bits per heavy atom. The minimum atomic E-state index is -1.10. The number of carbonyl (C=O) groups excluding carboxylic acids is 2. The van der Waals surface area contributed by atoms with E-state index < -0.39 is 30.2 Å². The fourth-order valence-corrected chi connectivity index (χ4v) is 1.67. The van der Waals surface area contributed by atoms with Gasteiger partial charge in [0.25, 0.3) is 0 Å². The molecule has 0 bridgehead atoms. The van der Waals surface area contributed by atoms with Crippen molar-refractivity contribution in [3.05, 3.63) is 48.3 Å². The number of primary amides is 1. The van der Waals surface area contributed by atoms with E-state index in [0.717, 1.165) is 0 Å². The molecule has 0 aliphatic heterocycles. The average molecular weight is 339 g/mol. The molecule has 0 saturated heterocycles. The molecule has 0 aliphatic rings. The van der Waals surface area contributed by atoms with Crippen molar-refractivity contribution < 1.29 is 28.6 Å². The SMILES string of the molecule is CC(=O)[C@@H](N)[C@@H](O)c1ccco1.NC(=O)C(N)C(O)c1ccoc1. The first kappa shape index (κ1) is 19.6. The number of nitrogens with two attached hydrogens (primary N) is 3. The van der Waals surface area contributed by atoms with E-state index in [2.05, 4.69) is 0 Å². The monoisotopic (exact) mass is 339 g/mol. The summed E-state index contributed by atoms with van der Waals surface area (Å²) in [5.41, 5.74) is 16.0. The highest BCUT2D eigenvalue weighted by Crippen LogP contribution is 2.16. The van der Waals surface area contributed by atoms with Crippen LogP contribution in [-0.2, 0) is 9.59 Å². The van der Waals surface area contributed by atoms with Gasteiger partial charge in [0.05, 0.1) is 24.8 Å². The van der Waals surface area contributed by atoms with Gasteiger partial charge < -0.3 is 36.2 Å². The summed E-state index contributed by atoms with van der Waals surface area (Å²) in [6, 6.07) is 2.73. The second-order valence-corrected chi connectivity index (χ2v) is 5.03. The molecule has 0 aromatic carbocycles. The first-order chi connectivity index (χ1) is 11.3. The second kappa shape index (κ2) is 8.99. The zero-order valence-electron chi connectivity index (χ0n) is 13.0. The third kappa shape index (κ3) is 5.32. The Kier molecular flexibility index (Phi) is 7.33. The number of Topliss-reactive ketones (excluding diaryl/α,β-unsaturated/α-hetero) is 1. The Hall–Kier alpha value is -2.46. The van der Waals surface area contributed by atoms with Crippen LogP contribution in [0.3, 0.4) is 0 Å². The zero-order valence-corrected chi connectivity index (χ0v) is 13.0. The highest BCUT2D eigenvalue weighted by Gasteiger charge is 2.23. The maximum Gasteiger partial charge on any atom is 0.237 e. The van der Waals surface area contributed by atoms with Gasteiger partial charge in [0.2, 0.25) is 5.91 Å². The quantitative estimate of drug-likeness (QED) is 0.460. The van der Waals surface area contributed by atoms with Crippen molar-refractivity contribution in [3.8, 4) is 0 Å². The fourth-order valence-electron chi connectivity index (χ4n) is 1.67. The number of hydrogen-bond donors (Lipinski definition) is 5. The van der Waals surface area contributed by atoms with Gasteiger partial charge in [0.15, 0.2) is 0 Å². The number of ketones is 1. The van der Waals surface area contributed by atoms with Crippen molar-refractivity contribution in [1.29, 1.82) is 0 Å². The van der Waals surface area contributed by atoms with Crippen LogP contribution in [0.4, 0.5) is 0 Å². The second-order valence-electron chi connectivity index (χ2n) is 5.03. The van der Waals surface area contributed by atoms with Gasteiger partial charge in [-0.2, -0.15) is 0 Å². The van der Waals surface area contributed by atoms with Gasteiger partial charge in [-0.3, -0.25) is 9.59 Å². The van der Waals surface area contributed by atoms with Crippen molar-refractivity contribution in [2.75, 3.05) is 0 Å². The van der Waals surface area contributed by atoms with E-state index in [1.165, 1.54) is 31.8 Å². The minimum Gasteiger partial charge on any atom is -0.472 e. The maximum absolute atomic E-state index is 10.8. The Bertz CT molecular complexity index is 569. The fraction of sp³-hybridized carbons (Fsp3) is 0.333. The molecule has 2 unspecified atom stereocenters. The molecular formula is C15H21N3O6. The van der Waals surface area contributed by atoms with Crippen LogP contribution in [0, 0.1) is 0 Å². The van der Waals surface area contributed by atoms with Gasteiger partial charge in [-0.05, 0) is 25.1 Å². The third-order valence-electron chi connectivity index (χ3n) is 3.20. The average Bonchev–Trinajstić information content (AvgIpc) is 3.25. The van der Waals surface area contributed by atoms with Crippen molar-refractivity contribution in [3.63, 3.8) is 0 Å². The first-order valence-electron chi connectivity index (χ1n) is 6.98. The number of carbonyl (C=O) groups is 2. The minimum absolute atomic E-state index is 0.265. The number of furan rings is 2. The number of aliphatic hydroxyl groups excluding tert-OH is 2. The topological polar surface area (TPSA) is 179 Å². The van der Waals surface area contributed by atoms with Gasteiger partial charge in [0, 0.05) is 5.56 Å². The van der Waals surface area contributed by atoms with E-state index >= 15 is 0 Å². The Balaban J connectivity index is 0.000000240. The molecule has 8 N–H and O–H groups in total. The molecular weight excluding hydrogens is 318 g/mol. The van der Waals surface area contributed by atoms with E-state index in [4.69, 9.17) is 26.0 Å². The summed E-state index contributed by atoms with van der Waals surface area (Å²) >= 11 is 0. The number of aliphatic hydroxyl groups is 2. The molecule has 2 aromatic heterocycles. The van der Waals surface area contributed by atoms with Gasteiger partial charge in [-0.1, -0.05) is 0 Å². The highest BCUT2D eigenvalue weighted by atomic mass is 16.4. The van der Waals surface area contributed by atoms with E-state index in [-0.39, 0.29) is 5.78 Å². The zero-order chi connectivity index (χ0) is 18.3. The smallest absolute Gasteiger partial charge is 0.237 e. The molecule has 9 heteroatoms. The van der Waals surface area contributed by atoms with Gasteiger partial charge in [-0.15, -0.1) is 0 Å². The Morgan fingerprint density at radius 1 is 1.08 bits per heavy atom. The van der Waals surface area contributed by atoms with Gasteiger partial charge in [0.1, 0.15) is 29.8 Å². The number of amides is 1. The number of rotatable bonds is 6. The highest BCUT2D eigenvalue weighted by molar-refractivity contribution is 5.82. The molecule has 0 radical (unpaired) electrons. The van der Waals surface area contributed by atoms with Crippen molar-refractivity contribution in [2.45, 2.75) is 31.2 Å². The predicted molar refractivity (Wildman–Crippen MR) is 83.2 cm³/mol. The lowest BCUT2D eigenvalue weighted by atomic mass is 10.1. The standard InChI is InChI=1S/C8H11NO3.C7H10N2O3/c1-5(10)7(9)8(11)6-3-2-4-12-6;8-5(7(9)11)6(10)4-1-2-12-3-4/h2-4,7-8,11H,9H2,1H3;1-3,5-6,10H,8H2,(H2,9,11)/t7-,8+;/m1./s1. The molecule has 2 rings (SSSR count). The van der Waals surface area contributed by atoms with Gasteiger partial charge >= 0.3 is 0 Å². The lowest BCUT2D eigenvalue weighted by molar-refractivity contribution is -0.122. The predicted octanol–water partition coefficient (Wildman–Crippen LogP) is -0.645. The summed E-state index contributed by atoms with van der Waals surface area (Å²) in [5.74, 6) is -0.694. The molecule has 0 saturated carbocycles. The summed E-state index contributed by atoms with van der Waals surface area (Å²) in [7, 11) is 0. The summed E-state index contributed by atoms with van der Waals surface area (Å²) in [4.78, 5) is 21.3. The summed E-state index contributed by atoms with van der Waals surface area (Å²) in [6.07, 6.45) is 1.98. The summed E-state index contributed by atoms with van der Waals surface area (Å²) in [5, 5.41) is 18.8. The molecule has 4 atom stereocenters. The van der Waals surface area contributed by atoms with Crippen LogP contribution in [0.1, 0.15) is 30.5 Å². The lowest BCUT2D eigenvalue weighted by Gasteiger charge is -2.13. The van der Waals surface area contributed by atoms with Crippen molar-refractivity contribution >= 4 is 11.7 Å². The maximum atomic E-state index is 10.8.